The summed E-state index contributed by atoms with van der Waals surface area (Å²) in [5.74, 6) is -0.128. The van der Waals surface area contributed by atoms with Gasteiger partial charge in [0, 0.05) is 0 Å². The van der Waals surface area contributed by atoms with Gasteiger partial charge in [0.15, 0.2) is 6.29 Å². The van der Waals surface area contributed by atoms with Crippen molar-refractivity contribution < 1.29 is 19.4 Å². The van der Waals surface area contributed by atoms with Crippen molar-refractivity contribution in [2.45, 2.75) is 45.1 Å². The number of carbonyl (C=O) groups is 1. The van der Waals surface area contributed by atoms with E-state index in [-0.39, 0.29) is 17.9 Å². The van der Waals surface area contributed by atoms with Gasteiger partial charge in [-0.2, -0.15) is 0 Å². The van der Waals surface area contributed by atoms with Crippen LogP contribution >= 0.6 is 0 Å². The highest BCUT2D eigenvalue weighted by Crippen LogP contribution is 2.19. The van der Waals surface area contributed by atoms with Crippen LogP contribution < -0.4 is 5.32 Å². The molecule has 2 aromatic carbocycles. The summed E-state index contributed by atoms with van der Waals surface area (Å²) in [6.45, 7) is 4.99. The highest BCUT2D eigenvalue weighted by molar-refractivity contribution is 5.83. The molecule has 0 aromatic heterocycles. The molecule has 0 radical (unpaired) electrons. The third-order valence-electron chi connectivity index (χ3n) is 4.57. The minimum atomic E-state index is -1.02. The van der Waals surface area contributed by atoms with Crippen LogP contribution in [0.15, 0.2) is 42.5 Å². The van der Waals surface area contributed by atoms with Gasteiger partial charge in [0.1, 0.15) is 6.10 Å². The first-order chi connectivity index (χ1) is 12.5. The molecule has 1 saturated heterocycles. The Labute approximate surface area is 154 Å². The fourth-order valence-electron chi connectivity index (χ4n) is 3.28. The highest BCUT2D eigenvalue weighted by atomic mass is 16.7. The maximum absolute atomic E-state index is 12.4. The maximum atomic E-state index is 12.4. The second kappa shape index (κ2) is 8.62. The topological polar surface area (TPSA) is 67.8 Å². The summed E-state index contributed by atoms with van der Waals surface area (Å²) in [5, 5.41) is 15.3. The zero-order valence-electron chi connectivity index (χ0n) is 15.4. The van der Waals surface area contributed by atoms with Gasteiger partial charge in [-0.25, -0.2) is 0 Å². The van der Waals surface area contributed by atoms with Crippen molar-refractivity contribution in [1.82, 2.24) is 5.32 Å². The molecule has 3 rings (SSSR count). The molecule has 1 aliphatic rings. The maximum Gasteiger partial charge on any atom is 0.249 e. The van der Waals surface area contributed by atoms with Gasteiger partial charge in [0.25, 0.3) is 0 Å². The molecule has 0 aliphatic carbocycles. The molecule has 140 valence electrons. The number of hydrogen-bond donors (Lipinski definition) is 2. The molecule has 1 amide bonds. The molecule has 5 heteroatoms. The van der Waals surface area contributed by atoms with Crippen LogP contribution in [0.25, 0.3) is 10.8 Å². The first-order valence-electron chi connectivity index (χ1n) is 9.22. The number of amides is 1. The van der Waals surface area contributed by atoms with E-state index in [0.29, 0.717) is 26.1 Å². The van der Waals surface area contributed by atoms with Gasteiger partial charge in [-0.05, 0) is 35.1 Å². The van der Waals surface area contributed by atoms with Crippen LogP contribution in [0.3, 0.4) is 0 Å². The Kier molecular flexibility index (Phi) is 6.25. The quantitative estimate of drug-likeness (QED) is 0.799. The van der Waals surface area contributed by atoms with E-state index in [1.54, 1.807) is 0 Å². The van der Waals surface area contributed by atoms with Gasteiger partial charge in [0.05, 0.1) is 19.3 Å². The Balaban J connectivity index is 1.73. The van der Waals surface area contributed by atoms with Crippen molar-refractivity contribution in [1.29, 1.82) is 0 Å². The van der Waals surface area contributed by atoms with E-state index in [4.69, 9.17) is 9.47 Å². The van der Waals surface area contributed by atoms with Crippen LogP contribution in [0, 0.1) is 5.92 Å². The molecule has 2 aromatic rings. The van der Waals surface area contributed by atoms with E-state index in [9.17, 15) is 9.90 Å². The van der Waals surface area contributed by atoms with E-state index >= 15 is 0 Å². The van der Waals surface area contributed by atoms with Gasteiger partial charge < -0.3 is 19.9 Å². The van der Waals surface area contributed by atoms with Crippen LogP contribution in [0.2, 0.25) is 0 Å². The predicted octanol–water partition coefficient (Wildman–Crippen LogP) is 2.65. The average molecular weight is 357 g/mol. The van der Waals surface area contributed by atoms with E-state index in [1.807, 2.05) is 26.0 Å². The zero-order valence-corrected chi connectivity index (χ0v) is 15.4. The molecule has 1 fully saturated rings. The second-order valence-corrected chi connectivity index (χ2v) is 7.26. The third-order valence-corrected chi connectivity index (χ3v) is 4.57. The van der Waals surface area contributed by atoms with Crippen molar-refractivity contribution >= 4 is 16.7 Å². The molecular formula is C21H27NO4. The summed E-state index contributed by atoms with van der Waals surface area (Å²) in [6.07, 6.45) is -0.497. The fraction of sp³-hybridized carbons (Fsp3) is 0.476. The number of ether oxygens (including phenoxy) is 2. The van der Waals surface area contributed by atoms with Crippen LogP contribution in [-0.4, -0.2) is 42.7 Å². The Morgan fingerprint density at radius 1 is 1.15 bits per heavy atom. The Morgan fingerprint density at radius 3 is 2.54 bits per heavy atom. The Bertz CT molecular complexity index is 740. The van der Waals surface area contributed by atoms with Crippen molar-refractivity contribution in [3.8, 4) is 0 Å². The number of rotatable bonds is 7. The molecule has 0 spiro atoms. The summed E-state index contributed by atoms with van der Waals surface area (Å²) in [6, 6.07) is 14.1. The largest absolute Gasteiger partial charge is 0.383 e. The van der Waals surface area contributed by atoms with E-state index in [0.717, 1.165) is 10.9 Å². The standard InChI is InChI=1S/C21H27NO4/c1-14(2)11-19(23)20(24)22-18(21-25-9-10-26-21)13-15-7-8-16-5-3-4-6-17(16)12-15/h3-8,12,14,18-19,21,23H,9-11,13H2,1-2H3,(H,22,24)/t18-,19?/m0/s1. The lowest BCUT2D eigenvalue weighted by Crippen LogP contribution is -2.49. The van der Waals surface area contributed by atoms with Crippen LogP contribution in [0.1, 0.15) is 25.8 Å². The second-order valence-electron chi connectivity index (χ2n) is 7.26. The molecule has 2 N–H and O–H groups in total. The summed E-state index contributed by atoms with van der Waals surface area (Å²) in [4.78, 5) is 12.4. The molecule has 0 saturated carbocycles. The molecule has 0 bridgehead atoms. The summed E-state index contributed by atoms with van der Waals surface area (Å²) in [7, 11) is 0. The number of aliphatic hydroxyl groups excluding tert-OH is 1. The van der Waals surface area contributed by atoms with E-state index in [1.165, 1.54) is 5.39 Å². The molecule has 1 unspecified atom stereocenters. The Morgan fingerprint density at radius 2 is 1.85 bits per heavy atom. The number of aliphatic hydroxyl groups is 1. The van der Waals surface area contributed by atoms with Crippen molar-refractivity contribution in [2.75, 3.05) is 13.2 Å². The number of hydrogen-bond acceptors (Lipinski definition) is 4. The first kappa shape index (κ1) is 18.8. The number of fused-ring (bicyclic) bond motifs is 1. The average Bonchev–Trinajstić information content (AvgIpc) is 3.15. The monoisotopic (exact) mass is 357 g/mol. The predicted molar refractivity (Wildman–Crippen MR) is 101 cm³/mol. The number of nitrogens with one attached hydrogen (secondary N) is 1. The lowest BCUT2D eigenvalue weighted by molar-refractivity contribution is -0.135. The van der Waals surface area contributed by atoms with Gasteiger partial charge in [-0.3, -0.25) is 4.79 Å². The SMILES string of the molecule is CC(C)CC(O)C(=O)N[C@@H](Cc1ccc2ccccc2c1)C1OCCO1. The molecule has 1 heterocycles. The van der Waals surface area contributed by atoms with Gasteiger partial charge in [0.2, 0.25) is 5.91 Å². The highest BCUT2D eigenvalue weighted by Gasteiger charge is 2.30. The normalized spacial score (nSPS) is 17.5. The third kappa shape index (κ3) is 4.81. The van der Waals surface area contributed by atoms with Crippen LogP contribution in [-0.2, 0) is 20.7 Å². The van der Waals surface area contributed by atoms with Crippen molar-refractivity contribution in [2.24, 2.45) is 5.92 Å². The zero-order chi connectivity index (χ0) is 18.5. The van der Waals surface area contributed by atoms with Gasteiger partial charge >= 0.3 is 0 Å². The fourth-order valence-corrected chi connectivity index (χ4v) is 3.28. The molecule has 1 aliphatic heterocycles. The molecule has 2 atom stereocenters. The Hall–Kier alpha value is -1.95. The molecular weight excluding hydrogens is 330 g/mol. The van der Waals surface area contributed by atoms with E-state index in [2.05, 4.69) is 35.6 Å². The summed E-state index contributed by atoms with van der Waals surface area (Å²) < 4.78 is 11.2. The van der Waals surface area contributed by atoms with Gasteiger partial charge in [-0.1, -0.05) is 56.3 Å². The lowest BCUT2D eigenvalue weighted by atomic mass is 10.0. The minimum Gasteiger partial charge on any atom is -0.383 e. The minimum absolute atomic E-state index is 0.244. The smallest absolute Gasteiger partial charge is 0.249 e. The number of carbonyl (C=O) groups excluding carboxylic acids is 1. The lowest BCUT2D eigenvalue weighted by Gasteiger charge is -2.25. The van der Waals surface area contributed by atoms with E-state index < -0.39 is 12.4 Å². The number of benzene rings is 2. The molecule has 5 nitrogen and oxygen atoms in total. The van der Waals surface area contributed by atoms with Crippen LogP contribution in [0.5, 0.6) is 0 Å². The summed E-state index contributed by atoms with van der Waals surface area (Å²) in [5.41, 5.74) is 1.09. The summed E-state index contributed by atoms with van der Waals surface area (Å²) >= 11 is 0. The van der Waals surface area contributed by atoms with Crippen LogP contribution in [0.4, 0.5) is 0 Å². The first-order valence-corrected chi connectivity index (χ1v) is 9.22. The van der Waals surface area contributed by atoms with Crippen molar-refractivity contribution in [3.63, 3.8) is 0 Å². The van der Waals surface area contributed by atoms with Gasteiger partial charge in [-0.15, -0.1) is 0 Å². The van der Waals surface area contributed by atoms with Crippen molar-refractivity contribution in [3.05, 3.63) is 48.0 Å². The molecule has 26 heavy (non-hydrogen) atoms.